The van der Waals surface area contributed by atoms with Crippen LogP contribution >= 0.6 is 31.9 Å². The summed E-state index contributed by atoms with van der Waals surface area (Å²) < 4.78 is 7.19. The maximum atomic E-state index is 9.69. The zero-order chi connectivity index (χ0) is 13.2. The predicted octanol–water partition coefficient (Wildman–Crippen LogP) is 3.84. The Bertz CT molecular complexity index is 388. The van der Waals surface area contributed by atoms with Gasteiger partial charge in [-0.1, -0.05) is 19.8 Å². The molecule has 1 fully saturated rings. The summed E-state index contributed by atoms with van der Waals surface area (Å²) in [5, 5.41) is 13.2. The van der Waals surface area contributed by atoms with Gasteiger partial charge >= 0.3 is 0 Å². The van der Waals surface area contributed by atoms with E-state index in [1.54, 1.807) is 0 Å². The second-order valence-electron chi connectivity index (χ2n) is 5.33. The summed E-state index contributed by atoms with van der Waals surface area (Å²) in [6.45, 7) is 3.10. The van der Waals surface area contributed by atoms with Crippen LogP contribution in [0.2, 0.25) is 0 Å². The van der Waals surface area contributed by atoms with Gasteiger partial charge in [-0.3, -0.25) is 0 Å². The van der Waals surface area contributed by atoms with Gasteiger partial charge in [-0.2, -0.15) is 0 Å². The first-order chi connectivity index (χ1) is 8.54. The van der Waals surface area contributed by atoms with Crippen LogP contribution in [-0.4, -0.2) is 17.3 Å². The molecule has 3 nitrogen and oxygen atoms in total. The second-order valence-corrected chi connectivity index (χ2v) is 6.90. The molecule has 1 aromatic rings. The highest BCUT2D eigenvalue weighted by atomic mass is 79.9. The molecule has 1 heterocycles. The Kier molecular flexibility index (Phi) is 4.92. The molecule has 1 aliphatic rings. The molecule has 2 unspecified atom stereocenters. The van der Waals surface area contributed by atoms with Crippen LogP contribution < -0.4 is 5.32 Å². The Morgan fingerprint density at radius 3 is 2.89 bits per heavy atom. The van der Waals surface area contributed by atoms with E-state index in [9.17, 15) is 5.11 Å². The number of hydrogen-bond donors (Lipinski definition) is 2. The molecule has 0 radical (unpaired) electrons. The van der Waals surface area contributed by atoms with Crippen molar-refractivity contribution >= 4 is 31.9 Å². The smallest absolute Gasteiger partial charge is 0.183 e. The van der Waals surface area contributed by atoms with Gasteiger partial charge in [-0.25, -0.2) is 0 Å². The lowest BCUT2D eigenvalue weighted by molar-refractivity contribution is 0.0963. The van der Waals surface area contributed by atoms with Gasteiger partial charge in [0.05, 0.1) is 17.6 Å². The Morgan fingerprint density at radius 1 is 1.56 bits per heavy atom. The van der Waals surface area contributed by atoms with Crippen LogP contribution in [0.1, 0.15) is 38.4 Å². The van der Waals surface area contributed by atoms with E-state index in [2.05, 4.69) is 44.1 Å². The van der Waals surface area contributed by atoms with E-state index in [0.29, 0.717) is 12.5 Å². The molecule has 0 saturated heterocycles. The number of nitrogens with one attached hydrogen (secondary N) is 1. The molecule has 1 saturated carbocycles. The molecule has 0 bridgehead atoms. The first-order valence-corrected chi connectivity index (χ1v) is 7.93. The minimum absolute atomic E-state index is 0.136. The van der Waals surface area contributed by atoms with Crippen LogP contribution in [0.15, 0.2) is 19.6 Å². The maximum Gasteiger partial charge on any atom is 0.183 e. The third-order valence-corrected chi connectivity index (χ3v) is 5.44. The van der Waals surface area contributed by atoms with Crippen molar-refractivity contribution in [2.75, 3.05) is 6.61 Å². The largest absolute Gasteiger partial charge is 0.452 e. The molecule has 2 N–H and O–H groups in total. The monoisotopic (exact) mass is 379 g/mol. The fourth-order valence-electron chi connectivity index (χ4n) is 2.77. The lowest BCUT2D eigenvalue weighted by atomic mass is 9.77. The first-order valence-electron chi connectivity index (χ1n) is 6.34. The third kappa shape index (κ3) is 3.38. The zero-order valence-electron chi connectivity index (χ0n) is 10.5. The molecule has 1 aliphatic carbocycles. The molecule has 0 aliphatic heterocycles. The molecule has 0 aromatic carbocycles. The van der Waals surface area contributed by atoms with Crippen molar-refractivity contribution in [3.63, 3.8) is 0 Å². The number of furan rings is 1. The van der Waals surface area contributed by atoms with Gasteiger partial charge in [-0.15, -0.1) is 0 Å². The SMILES string of the molecule is CC1CCCC(CO)(NCc2cc(Br)c(Br)o2)C1. The van der Waals surface area contributed by atoms with Crippen molar-refractivity contribution in [1.82, 2.24) is 5.32 Å². The van der Waals surface area contributed by atoms with Gasteiger partial charge in [0.2, 0.25) is 0 Å². The minimum Gasteiger partial charge on any atom is -0.452 e. The molecule has 1 aromatic heterocycles. The van der Waals surface area contributed by atoms with Crippen LogP contribution in [0.4, 0.5) is 0 Å². The quantitative estimate of drug-likeness (QED) is 0.834. The molecule has 2 rings (SSSR count). The summed E-state index contributed by atoms with van der Waals surface area (Å²) in [7, 11) is 0. The van der Waals surface area contributed by atoms with E-state index in [1.807, 2.05) is 6.07 Å². The number of hydrogen-bond acceptors (Lipinski definition) is 3. The molecular formula is C13H19Br2NO2. The highest BCUT2D eigenvalue weighted by Crippen LogP contribution is 2.33. The Labute approximate surface area is 125 Å². The Hall–Kier alpha value is 0.160. The van der Waals surface area contributed by atoms with E-state index in [4.69, 9.17) is 4.42 Å². The molecule has 5 heteroatoms. The standard InChI is InChI=1S/C13H19Br2NO2/c1-9-3-2-4-13(6-9,8-17)16-7-10-5-11(14)12(15)18-10/h5,9,16-17H,2-4,6-8H2,1H3. The summed E-state index contributed by atoms with van der Waals surface area (Å²) in [4.78, 5) is 0. The van der Waals surface area contributed by atoms with Crippen molar-refractivity contribution in [3.05, 3.63) is 21.0 Å². The van der Waals surface area contributed by atoms with E-state index in [0.717, 1.165) is 27.7 Å². The predicted molar refractivity (Wildman–Crippen MR) is 78.4 cm³/mol. The van der Waals surface area contributed by atoms with Crippen LogP contribution in [0.5, 0.6) is 0 Å². The lowest BCUT2D eigenvalue weighted by Crippen LogP contribution is -2.51. The van der Waals surface area contributed by atoms with Gasteiger partial charge in [-0.05, 0) is 56.7 Å². The van der Waals surface area contributed by atoms with Crippen molar-refractivity contribution < 1.29 is 9.52 Å². The molecule has 0 amide bonds. The summed E-state index contributed by atoms with van der Waals surface area (Å²) >= 11 is 6.74. The number of aliphatic hydroxyl groups excluding tert-OH is 1. The summed E-state index contributed by atoms with van der Waals surface area (Å²) in [5.74, 6) is 1.55. The fraction of sp³-hybridized carbons (Fsp3) is 0.692. The summed E-state index contributed by atoms with van der Waals surface area (Å²) in [6.07, 6.45) is 4.52. The van der Waals surface area contributed by atoms with Crippen molar-refractivity contribution in [3.8, 4) is 0 Å². The Balaban J connectivity index is 1.98. The lowest BCUT2D eigenvalue weighted by Gasteiger charge is -2.39. The van der Waals surface area contributed by atoms with E-state index in [1.165, 1.54) is 12.8 Å². The molecule has 18 heavy (non-hydrogen) atoms. The van der Waals surface area contributed by atoms with E-state index >= 15 is 0 Å². The van der Waals surface area contributed by atoms with Crippen molar-refractivity contribution in [2.45, 2.75) is 44.7 Å². The van der Waals surface area contributed by atoms with Crippen LogP contribution in [0, 0.1) is 5.92 Å². The number of rotatable bonds is 4. The Morgan fingerprint density at radius 2 is 2.33 bits per heavy atom. The number of aliphatic hydroxyl groups is 1. The van der Waals surface area contributed by atoms with Gasteiger partial charge in [0.1, 0.15) is 5.76 Å². The highest BCUT2D eigenvalue weighted by molar-refractivity contribution is 9.13. The van der Waals surface area contributed by atoms with Gasteiger partial charge in [0, 0.05) is 5.54 Å². The molecule has 0 spiro atoms. The van der Waals surface area contributed by atoms with E-state index < -0.39 is 0 Å². The van der Waals surface area contributed by atoms with Crippen LogP contribution in [-0.2, 0) is 6.54 Å². The average molecular weight is 381 g/mol. The maximum absolute atomic E-state index is 9.69. The minimum atomic E-state index is -0.136. The first kappa shape index (κ1) is 14.6. The molecular weight excluding hydrogens is 362 g/mol. The van der Waals surface area contributed by atoms with E-state index in [-0.39, 0.29) is 12.1 Å². The van der Waals surface area contributed by atoms with Crippen molar-refractivity contribution in [2.24, 2.45) is 5.92 Å². The van der Waals surface area contributed by atoms with Gasteiger partial charge in [0.25, 0.3) is 0 Å². The topological polar surface area (TPSA) is 45.4 Å². The normalized spacial score (nSPS) is 28.6. The molecule has 2 atom stereocenters. The second kappa shape index (κ2) is 6.07. The zero-order valence-corrected chi connectivity index (χ0v) is 13.7. The number of halogens is 2. The highest BCUT2D eigenvalue weighted by Gasteiger charge is 2.34. The fourth-order valence-corrected chi connectivity index (χ4v) is 3.43. The summed E-state index contributed by atoms with van der Waals surface area (Å²) in [6, 6.07) is 1.95. The average Bonchev–Trinajstić information content (AvgIpc) is 2.67. The van der Waals surface area contributed by atoms with Crippen molar-refractivity contribution in [1.29, 1.82) is 0 Å². The third-order valence-electron chi connectivity index (χ3n) is 3.73. The van der Waals surface area contributed by atoms with Gasteiger partial charge in [0.15, 0.2) is 4.67 Å². The van der Waals surface area contributed by atoms with Gasteiger partial charge < -0.3 is 14.8 Å². The van der Waals surface area contributed by atoms with Crippen LogP contribution in [0.3, 0.4) is 0 Å². The summed E-state index contributed by atoms with van der Waals surface area (Å²) in [5.41, 5.74) is -0.136. The molecule has 102 valence electrons. The van der Waals surface area contributed by atoms with Crippen LogP contribution in [0.25, 0.3) is 0 Å².